The van der Waals surface area contributed by atoms with Crippen LogP contribution in [0.2, 0.25) is 0 Å². The highest BCUT2D eigenvalue weighted by atomic mass is 19.4. The fourth-order valence-electron chi connectivity index (χ4n) is 4.25. The van der Waals surface area contributed by atoms with Crippen molar-refractivity contribution in [2.24, 2.45) is 0 Å². The SMILES string of the molecule is FC(F)(F)c1cccnc1-c1ccc2c(N[C@@H]3CCCc4ccccc43)ncnc2c1. The van der Waals surface area contributed by atoms with Gasteiger partial charge in [-0.15, -0.1) is 0 Å². The van der Waals surface area contributed by atoms with Gasteiger partial charge in [0.05, 0.1) is 22.8 Å². The summed E-state index contributed by atoms with van der Waals surface area (Å²) in [5.74, 6) is 0.676. The van der Waals surface area contributed by atoms with Crippen molar-refractivity contribution in [1.29, 1.82) is 0 Å². The molecular weight excluding hydrogens is 401 g/mol. The van der Waals surface area contributed by atoms with Crippen LogP contribution in [0, 0.1) is 0 Å². The minimum Gasteiger partial charge on any atom is -0.363 e. The van der Waals surface area contributed by atoms with E-state index in [9.17, 15) is 13.2 Å². The fraction of sp³-hybridized carbons (Fsp3) is 0.208. The van der Waals surface area contributed by atoms with E-state index in [0.29, 0.717) is 16.9 Å². The minimum atomic E-state index is -4.48. The van der Waals surface area contributed by atoms with Gasteiger partial charge in [-0.25, -0.2) is 9.97 Å². The second-order valence-electron chi connectivity index (χ2n) is 7.64. The van der Waals surface area contributed by atoms with Gasteiger partial charge in [-0.05, 0) is 54.7 Å². The van der Waals surface area contributed by atoms with Crippen LogP contribution >= 0.6 is 0 Å². The third-order valence-electron chi connectivity index (χ3n) is 5.70. The predicted octanol–water partition coefficient (Wildman–Crippen LogP) is 6.20. The first-order valence-corrected chi connectivity index (χ1v) is 10.1. The molecule has 0 amide bonds. The van der Waals surface area contributed by atoms with E-state index >= 15 is 0 Å². The Labute approximate surface area is 177 Å². The number of hydrogen-bond acceptors (Lipinski definition) is 4. The summed E-state index contributed by atoms with van der Waals surface area (Å²) in [6.45, 7) is 0. The molecule has 4 nitrogen and oxygen atoms in total. The minimum absolute atomic E-state index is 0.105. The Hall–Kier alpha value is -3.48. The quantitative estimate of drug-likeness (QED) is 0.429. The van der Waals surface area contributed by atoms with Crippen molar-refractivity contribution in [3.05, 3.63) is 83.8 Å². The molecule has 156 valence electrons. The van der Waals surface area contributed by atoms with Crippen LogP contribution in [0.4, 0.5) is 19.0 Å². The van der Waals surface area contributed by atoms with Gasteiger partial charge in [0.1, 0.15) is 12.1 Å². The average Bonchev–Trinajstić information content (AvgIpc) is 2.79. The first-order chi connectivity index (χ1) is 15.0. The van der Waals surface area contributed by atoms with Crippen LogP contribution in [0.25, 0.3) is 22.2 Å². The molecule has 0 aliphatic heterocycles. The molecule has 31 heavy (non-hydrogen) atoms. The van der Waals surface area contributed by atoms with Crippen molar-refractivity contribution in [3.8, 4) is 11.3 Å². The van der Waals surface area contributed by atoms with Crippen molar-refractivity contribution in [2.75, 3.05) is 5.32 Å². The van der Waals surface area contributed by atoms with Crippen molar-refractivity contribution >= 4 is 16.7 Å². The third-order valence-corrected chi connectivity index (χ3v) is 5.70. The zero-order valence-corrected chi connectivity index (χ0v) is 16.5. The maximum Gasteiger partial charge on any atom is 0.418 e. The predicted molar refractivity (Wildman–Crippen MR) is 114 cm³/mol. The summed E-state index contributed by atoms with van der Waals surface area (Å²) in [6.07, 6.45) is 1.46. The van der Waals surface area contributed by atoms with Crippen molar-refractivity contribution in [2.45, 2.75) is 31.5 Å². The average molecular weight is 420 g/mol. The number of rotatable bonds is 3. The number of nitrogens with zero attached hydrogens (tertiary/aromatic N) is 3. The molecule has 2 aromatic carbocycles. The summed E-state index contributed by atoms with van der Waals surface area (Å²) < 4.78 is 40.3. The van der Waals surface area contributed by atoms with Gasteiger partial charge in [-0.2, -0.15) is 13.2 Å². The van der Waals surface area contributed by atoms with E-state index < -0.39 is 11.7 Å². The highest BCUT2D eigenvalue weighted by Gasteiger charge is 2.34. The standard InChI is InChI=1S/C24H19F3N4/c25-24(26,27)19-8-4-12-28-22(19)16-10-11-18-21(13-16)29-14-30-23(18)31-20-9-3-6-15-5-1-2-7-17(15)20/h1-2,4-5,7-8,10-14,20H,3,6,9H2,(H,29,30,31)/t20-/m1/s1. The third kappa shape index (κ3) is 3.71. The largest absolute Gasteiger partial charge is 0.418 e. The van der Waals surface area contributed by atoms with E-state index in [1.807, 2.05) is 6.07 Å². The molecule has 1 N–H and O–H groups in total. The van der Waals surface area contributed by atoms with Gasteiger partial charge in [-0.1, -0.05) is 30.3 Å². The van der Waals surface area contributed by atoms with E-state index in [4.69, 9.17) is 0 Å². The summed E-state index contributed by atoms with van der Waals surface area (Å²) in [6, 6.07) is 15.9. The van der Waals surface area contributed by atoms with E-state index in [1.165, 1.54) is 29.7 Å². The number of anilines is 1. The van der Waals surface area contributed by atoms with Gasteiger partial charge < -0.3 is 5.32 Å². The van der Waals surface area contributed by atoms with Crippen LogP contribution in [0.15, 0.2) is 67.1 Å². The lowest BCUT2D eigenvalue weighted by Crippen LogP contribution is -2.18. The molecule has 4 aromatic rings. The Morgan fingerprint density at radius 2 is 1.81 bits per heavy atom. The lowest BCUT2D eigenvalue weighted by molar-refractivity contribution is -0.137. The lowest BCUT2D eigenvalue weighted by atomic mass is 9.87. The van der Waals surface area contributed by atoms with Crippen LogP contribution in [-0.4, -0.2) is 15.0 Å². The molecule has 2 aromatic heterocycles. The van der Waals surface area contributed by atoms with Gasteiger partial charge in [0.25, 0.3) is 0 Å². The smallest absolute Gasteiger partial charge is 0.363 e. The molecule has 1 atom stereocenters. The number of pyridine rings is 1. The molecule has 5 rings (SSSR count). The first-order valence-electron chi connectivity index (χ1n) is 10.1. The Balaban J connectivity index is 1.53. The normalized spacial score (nSPS) is 16.2. The molecule has 0 saturated heterocycles. The van der Waals surface area contributed by atoms with Gasteiger partial charge in [0.2, 0.25) is 0 Å². The number of alkyl halides is 3. The number of aromatic nitrogens is 3. The number of fused-ring (bicyclic) bond motifs is 2. The van der Waals surface area contributed by atoms with Gasteiger partial charge in [0.15, 0.2) is 0 Å². The second kappa shape index (κ2) is 7.65. The fourth-order valence-corrected chi connectivity index (χ4v) is 4.25. The van der Waals surface area contributed by atoms with E-state index in [0.717, 1.165) is 30.7 Å². The number of hydrogen-bond donors (Lipinski definition) is 1. The van der Waals surface area contributed by atoms with Crippen LogP contribution in [0.1, 0.15) is 35.6 Å². The molecule has 7 heteroatoms. The maximum absolute atomic E-state index is 13.4. The van der Waals surface area contributed by atoms with E-state index in [1.54, 1.807) is 18.2 Å². The summed E-state index contributed by atoms with van der Waals surface area (Å²) >= 11 is 0. The molecule has 0 spiro atoms. The molecule has 1 aliphatic rings. The molecular formula is C24H19F3N4. The van der Waals surface area contributed by atoms with Crippen molar-refractivity contribution in [3.63, 3.8) is 0 Å². The summed E-state index contributed by atoms with van der Waals surface area (Å²) in [5.41, 5.74) is 2.67. The van der Waals surface area contributed by atoms with Crippen LogP contribution in [0.5, 0.6) is 0 Å². The lowest BCUT2D eigenvalue weighted by Gasteiger charge is -2.27. The zero-order valence-electron chi connectivity index (χ0n) is 16.5. The summed E-state index contributed by atoms with van der Waals surface area (Å²) in [7, 11) is 0. The van der Waals surface area contributed by atoms with Crippen LogP contribution in [-0.2, 0) is 12.6 Å². The molecule has 0 fully saturated rings. The topological polar surface area (TPSA) is 50.7 Å². The molecule has 0 radical (unpaired) electrons. The molecule has 0 saturated carbocycles. The second-order valence-corrected chi connectivity index (χ2v) is 7.64. The first kappa shape index (κ1) is 19.5. The molecule has 0 unspecified atom stereocenters. The number of aryl methyl sites for hydroxylation is 1. The Morgan fingerprint density at radius 1 is 0.935 bits per heavy atom. The van der Waals surface area contributed by atoms with Crippen molar-refractivity contribution in [1.82, 2.24) is 15.0 Å². The maximum atomic E-state index is 13.4. The number of nitrogens with one attached hydrogen (secondary N) is 1. The van der Waals surface area contributed by atoms with E-state index in [-0.39, 0.29) is 11.7 Å². The summed E-state index contributed by atoms with van der Waals surface area (Å²) in [4.78, 5) is 12.7. The summed E-state index contributed by atoms with van der Waals surface area (Å²) in [5, 5.41) is 4.29. The monoisotopic (exact) mass is 420 g/mol. The Kier molecular flexibility index (Phi) is 4.81. The van der Waals surface area contributed by atoms with Gasteiger partial charge >= 0.3 is 6.18 Å². The highest BCUT2D eigenvalue weighted by molar-refractivity contribution is 5.92. The Morgan fingerprint density at radius 3 is 2.68 bits per heavy atom. The highest BCUT2D eigenvalue weighted by Crippen LogP contribution is 2.37. The Bertz CT molecular complexity index is 1250. The molecule has 0 bridgehead atoms. The number of halogens is 3. The van der Waals surface area contributed by atoms with Crippen LogP contribution in [0.3, 0.4) is 0 Å². The zero-order chi connectivity index (χ0) is 21.4. The van der Waals surface area contributed by atoms with Gasteiger partial charge in [-0.3, -0.25) is 4.98 Å². The van der Waals surface area contributed by atoms with E-state index in [2.05, 4.69) is 38.5 Å². The van der Waals surface area contributed by atoms with Crippen molar-refractivity contribution < 1.29 is 13.2 Å². The van der Waals surface area contributed by atoms with Crippen LogP contribution < -0.4 is 5.32 Å². The molecule has 2 heterocycles. The number of benzene rings is 2. The molecule has 1 aliphatic carbocycles. The van der Waals surface area contributed by atoms with Gasteiger partial charge in [0, 0.05) is 17.1 Å².